The number of amides is 1. The lowest BCUT2D eigenvalue weighted by molar-refractivity contribution is 0.0690. The first-order chi connectivity index (χ1) is 13.7. The van der Waals surface area contributed by atoms with Gasteiger partial charge in [0, 0.05) is 16.3 Å². The zero-order chi connectivity index (χ0) is 19.1. The molecule has 0 bridgehead atoms. The Morgan fingerprint density at radius 1 is 1.18 bits per heavy atom. The molecule has 1 unspecified atom stereocenters. The lowest BCUT2D eigenvalue weighted by Crippen LogP contribution is -2.40. The summed E-state index contributed by atoms with van der Waals surface area (Å²) in [5.41, 5.74) is 2.89. The lowest BCUT2D eigenvalue weighted by atomic mass is 9.93. The Kier molecular flexibility index (Phi) is 4.37. The SMILES string of the molecule is Cc1sc(-c2ccco2)nc1C(=O)N1CCc2sccc2C1c1ccccc1. The van der Waals surface area contributed by atoms with Gasteiger partial charge in [-0.1, -0.05) is 30.3 Å². The number of rotatable bonds is 3. The molecule has 6 heteroatoms. The van der Waals surface area contributed by atoms with Crippen molar-refractivity contribution >= 4 is 28.6 Å². The number of carbonyl (C=O) groups is 1. The van der Waals surface area contributed by atoms with Gasteiger partial charge in [-0.2, -0.15) is 0 Å². The molecule has 4 heterocycles. The summed E-state index contributed by atoms with van der Waals surface area (Å²) >= 11 is 3.27. The van der Waals surface area contributed by atoms with Gasteiger partial charge in [0.2, 0.25) is 0 Å². The van der Waals surface area contributed by atoms with Crippen molar-refractivity contribution in [3.8, 4) is 10.8 Å². The van der Waals surface area contributed by atoms with Crippen molar-refractivity contribution in [3.63, 3.8) is 0 Å². The summed E-state index contributed by atoms with van der Waals surface area (Å²) in [6.07, 6.45) is 2.51. The maximum Gasteiger partial charge on any atom is 0.274 e. The van der Waals surface area contributed by atoms with E-state index in [4.69, 9.17) is 4.42 Å². The summed E-state index contributed by atoms with van der Waals surface area (Å²) in [5, 5.41) is 2.87. The summed E-state index contributed by atoms with van der Waals surface area (Å²) in [6.45, 7) is 2.65. The fourth-order valence-corrected chi connectivity index (χ4v) is 5.54. The van der Waals surface area contributed by atoms with E-state index >= 15 is 0 Å². The predicted octanol–water partition coefficient (Wildman–Crippen LogP) is 5.56. The molecular weight excluding hydrogens is 388 g/mol. The minimum absolute atomic E-state index is 0.0164. The van der Waals surface area contributed by atoms with Gasteiger partial charge < -0.3 is 9.32 Å². The Balaban J connectivity index is 1.55. The molecule has 0 aliphatic carbocycles. The Morgan fingerprint density at radius 2 is 2.04 bits per heavy atom. The molecule has 4 nitrogen and oxygen atoms in total. The number of carbonyl (C=O) groups excluding carboxylic acids is 1. The number of benzene rings is 1. The molecule has 0 spiro atoms. The van der Waals surface area contributed by atoms with Crippen LogP contribution in [-0.2, 0) is 6.42 Å². The quantitative estimate of drug-likeness (QED) is 0.447. The molecule has 0 saturated carbocycles. The summed E-state index contributed by atoms with van der Waals surface area (Å²) in [6, 6.07) is 16.0. The number of thiazole rings is 1. The molecule has 3 aromatic heterocycles. The Labute approximate surface area is 171 Å². The van der Waals surface area contributed by atoms with E-state index in [9.17, 15) is 4.79 Å². The molecule has 28 heavy (non-hydrogen) atoms. The second kappa shape index (κ2) is 7.04. The van der Waals surface area contributed by atoms with Crippen molar-refractivity contribution in [1.29, 1.82) is 0 Å². The molecule has 0 radical (unpaired) electrons. The largest absolute Gasteiger partial charge is 0.462 e. The van der Waals surface area contributed by atoms with E-state index in [0.717, 1.165) is 21.9 Å². The molecule has 0 saturated heterocycles. The van der Waals surface area contributed by atoms with Crippen molar-refractivity contribution in [2.75, 3.05) is 6.54 Å². The third-order valence-corrected chi connectivity index (χ3v) is 7.06. The fourth-order valence-electron chi connectivity index (χ4n) is 3.77. The molecule has 5 rings (SSSR count). The average molecular weight is 407 g/mol. The minimum Gasteiger partial charge on any atom is -0.462 e. The van der Waals surface area contributed by atoms with Gasteiger partial charge in [0.25, 0.3) is 5.91 Å². The Bertz CT molecular complexity index is 1110. The van der Waals surface area contributed by atoms with Crippen LogP contribution in [0.4, 0.5) is 0 Å². The number of aromatic nitrogens is 1. The number of aryl methyl sites for hydroxylation is 1. The summed E-state index contributed by atoms with van der Waals surface area (Å²) in [7, 11) is 0. The second-order valence-corrected chi connectivity index (χ2v) is 8.97. The fraction of sp³-hybridized carbons (Fsp3) is 0.182. The standard InChI is InChI=1S/C22H18N2O2S2/c1-14-19(23-21(28-14)17-8-5-12-26-17)22(25)24-11-9-18-16(10-13-27-18)20(24)15-6-3-2-4-7-15/h2-8,10,12-13,20H,9,11H2,1H3. The number of nitrogens with zero attached hydrogens (tertiary/aromatic N) is 2. The van der Waals surface area contributed by atoms with Gasteiger partial charge in [-0.3, -0.25) is 4.79 Å². The van der Waals surface area contributed by atoms with Crippen molar-refractivity contribution in [3.05, 3.63) is 86.7 Å². The normalized spacial score (nSPS) is 16.2. The number of hydrogen-bond donors (Lipinski definition) is 0. The lowest BCUT2D eigenvalue weighted by Gasteiger charge is -2.36. The highest BCUT2D eigenvalue weighted by Gasteiger charge is 2.35. The summed E-state index contributed by atoms with van der Waals surface area (Å²) < 4.78 is 5.46. The van der Waals surface area contributed by atoms with Crippen LogP contribution < -0.4 is 0 Å². The van der Waals surface area contributed by atoms with Gasteiger partial charge in [-0.05, 0) is 48.1 Å². The molecule has 1 aliphatic heterocycles. The maximum absolute atomic E-state index is 13.6. The predicted molar refractivity (Wildman–Crippen MR) is 112 cm³/mol. The van der Waals surface area contributed by atoms with E-state index in [1.54, 1.807) is 17.6 Å². The van der Waals surface area contributed by atoms with Crippen molar-refractivity contribution in [2.24, 2.45) is 0 Å². The molecular formula is C22H18N2O2S2. The summed E-state index contributed by atoms with van der Waals surface area (Å²) in [4.78, 5) is 22.4. The van der Waals surface area contributed by atoms with Crippen LogP contribution in [0, 0.1) is 6.92 Å². The van der Waals surface area contributed by atoms with Crippen LogP contribution in [0.3, 0.4) is 0 Å². The van der Waals surface area contributed by atoms with E-state index in [0.29, 0.717) is 18.0 Å². The van der Waals surface area contributed by atoms with E-state index in [1.165, 1.54) is 21.8 Å². The van der Waals surface area contributed by atoms with E-state index in [1.807, 2.05) is 42.2 Å². The molecule has 1 aromatic carbocycles. The van der Waals surface area contributed by atoms with Gasteiger partial charge >= 0.3 is 0 Å². The van der Waals surface area contributed by atoms with Crippen LogP contribution >= 0.6 is 22.7 Å². The van der Waals surface area contributed by atoms with Crippen LogP contribution in [0.2, 0.25) is 0 Å². The van der Waals surface area contributed by atoms with E-state index in [-0.39, 0.29) is 11.9 Å². The van der Waals surface area contributed by atoms with Crippen molar-refractivity contribution in [2.45, 2.75) is 19.4 Å². The van der Waals surface area contributed by atoms with Gasteiger partial charge in [-0.25, -0.2) is 4.98 Å². The van der Waals surface area contributed by atoms with Crippen LogP contribution in [0.5, 0.6) is 0 Å². The smallest absolute Gasteiger partial charge is 0.274 e. The molecule has 1 amide bonds. The number of fused-ring (bicyclic) bond motifs is 1. The van der Waals surface area contributed by atoms with Gasteiger partial charge in [-0.15, -0.1) is 22.7 Å². The molecule has 0 N–H and O–H groups in total. The monoisotopic (exact) mass is 406 g/mol. The van der Waals surface area contributed by atoms with Gasteiger partial charge in [0.15, 0.2) is 10.8 Å². The second-order valence-electron chi connectivity index (χ2n) is 6.76. The van der Waals surface area contributed by atoms with Crippen molar-refractivity contribution < 1.29 is 9.21 Å². The van der Waals surface area contributed by atoms with Crippen LogP contribution in [0.1, 0.15) is 37.4 Å². The highest BCUT2D eigenvalue weighted by molar-refractivity contribution is 7.15. The summed E-state index contributed by atoms with van der Waals surface area (Å²) in [5.74, 6) is 0.683. The first-order valence-corrected chi connectivity index (χ1v) is 10.9. The topological polar surface area (TPSA) is 46.3 Å². The highest BCUT2D eigenvalue weighted by atomic mass is 32.1. The third kappa shape index (κ3) is 2.89. The molecule has 1 atom stereocenters. The van der Waals surface area contributed by atoms with Crippen molar-refractivity contribution in [1.82, 2.24) is 9.88 Å². The number of thiophene rings is 1. The van der Waals surface area contributed by atoms with Gasteiger partial charge in [0.05, 0.1) is 12.3 Å². The molecule has 0 fully saturated rings. The average Bonchev–Trinajstić information content (AvgIpc) is 3.47. The van der Waals surface area contributed by atoms with Crippen LogP contribution in [-0.4, -0.2) is 22.3 Å². The van der Waals surface area contributed by atoms with E-state index < -0.39 is 0 Å². The minimum atomic E-state index is -0.0723. The zero-order valence-corrected chi connectivity index (χ0v) is 16.9. The number of hydrogen-bond acceptors (Lipinski definition) is 5. The van der Waals surface area contributed by atoms with Gasteiger partial charge in [0.1, 0.15) is 5.69 Å². The molecule has 4 aromatic rings. The number of furan rings is 1. The molecule has 140 valence electrons. The third-order valence-electron chi connectivity index (χ3n) is 5.07. The molecule has 1 aliphatic rings. The van der Waals surface area contributed by atoms with Crippen LogP contribution in [0.15, 0.2) is 64.6 Å². The first-order valence-electron chi connectivity index (χ1n) is 9.16. The maximum atomic E-state index is 13.6. The first kappa shape index (κ1) is 17.4. The van der Waals surface area contributed by atoms with E-state index in [2.05, 4.69) is 28.6 Å². The van der Waals surface area contributed by atoms with Crippen LogP contribution in [0.25, 0.3) is 10.8 Å². The Hall–Kier alpha value is -2.70. The Morgan fingerprint density at radius 3 is 2.82 bits per heavy atom. The zero-order valence-electron chi connectivity index (χ0n) is 15.3. The highest BCUT2D eigenvalue weighted by Crippen LogP contribution is 2.39.